The van der Waals surface area contributed by atoms with Crippen molar-refractivity contribution >= 4 is 28.9 Å². The van der Waals surface area contributed by atoms with Crippen molar-refractivity contribution in [1.82, 2.24) is 4.90 Å². The van der Waals surface area contributed by atoms with E-state index in [1.165, 1.54) is 17.0 Å². The molecule has 1 saturated heterocycles. The molecule has 0 radical (unpaired) electrons. The highest BCUT2D eigenvalue weighted by Gasteiger charge is 2.27. The second-order valence-corrected chi connectivity index (χ2v) is 6.62. The third-order valence-corrected chi connectivity index (χ3v) is 4.92. The number of carbonyl (C=O) groups excluding carboxylic acids is 2. The van der Waals surface area contributed by atoms with E-state index in [0.29, 0.717) is 18.0 Å². The van der Waals surface area contributed by atoms with Crippen molar-refractivity contribution in [3.05, 3.63) is 52.7 Å². The molecule has 6 heteroatoms. The van der Waals surface area contributed by atoms with E-state index in [4.69, 9.17) is 4.74 Å². The number of rotatable bonds is 4. The molecule has 24 heavy (non-hydrogen) atoms. The van der Waals surface area contributed by atoms with Crippen LogP contribution in [0.15, 0.2) is 47.8 Å². The molecule has 3 rings (SSSR count). The fourth-order valence-electron chi connectivity index (χ4n) is 2.74. The zero-order chi connectivity index (χ0) is 16.9. The first-order valence-corrected chi connectivity index (χ1v) is 8.86. The van der Waals surface area contributed by atoms with E-state index < -0.39 is 12.1 Å². The van der Waals surface area contributed by atoms with Gasteiger partial charge in [0.25, 0.3) is 5.91 Å². The average molecular weight is 344 g/mol. The topological polar surface area (TPSA) is 49.9 Å². The minimum atomic E-state index is -0.761. The number of para-hydroxylation sites is 1. The number of hydrogen-bond acceptors (Lipinski definition) is 5. The zero-order valence-corrected chi connectivity index (χ0v) is 14.4. The van der Waals surface area contributed by atoms with Gasteiger partial charge in [-0.15, -0.1) is 11.3 Å². The number of nitrogens with zero attached hydrogens (tertiary/aromatic N) is 2. The quantitative estimate of drug-likeness (QED) is 0.800. The first-order valence-electron chi connectivity index (χ1n) is 7.98. The Balaban J connectivity index is 1.52. The standard InChI is InChI=1S/C18H20N2O3S/c1-14(23-18(22)16-8-5-13-24-16)17(21)20-11-9-19(10-12-20)15-6-3-2-4-7-15/h2-8,13-14H,9-12H2,1H3. The molecule has 5 nitrogen and oxygen atoms in total. The van der Waals surface area contributed by atoms with Crippen molar-refractivity contribution < 1.29 is 14.3 Å². The summed E-state index contributed by atoms with van der Waals surface area (Å²) >= 11 is 1.31. The van der Waals surface area contributed by atoms with Gasteiger partial charge in [0.2, 0.25) is 0 Å². The molecular weight excluding hydrogens is 324 g/mol. The van der Waals surface area contributed by atoms with Crippen LogP contribution in [0.4, 0.5) is 5.69 Å². The Kier molecular flexibility index (Phi) is 5.15. The molecule has 1 aromatic carbocycles. The van der Waals surface area contributed by atoms with Gasteiger partial charge in [-0.3, -0.25) is 4.79 Å². The van der Waals surface area contributed by atoms with Gasteiger partial charge in [0.1, 0.15) is 4.88 Å². The van der Waals surface area contributed by atoms with Crippen LogP contribution < -0.4 is 4.90 Å². The Hall–Kier alpha value is -2.34. The van der Waals surface area contributed by atoms with Crippen LogP contribution in [0.5, 0.6) is 0 Å². The summed E-state index contributed by atoms with van der Waals surface area (Å²) in [6.45, 7) is 4.46. The van der Waals surface area contributed by atoms with Crippen LogP contribution in [0.1, 0.15) is 16.6 Å². The van der Waals surface area contributed by atoms with Gasteiger partial charge < -0.3 is 14.5 Å². The molecule has 1 aromatic heterocycles. The number of hydrogen-bond donors (Lipinski definition) is 0. The van der Waals surface area contributed by atoms with Crippen molar-refractivity contribution in [3.63, 3.8) is 0 Å². The number of esters is 1. The van der Waals surface area contributed by atoms with Gasteiger partial charge in [-0.05, 0) is 30.5 Å². The van der Waals surface area contributed by atoms with Gasteiger partial charge in [0.05, 0.1) is 0 Å². The number of anilines is 1. The third-order valence-electron chi connectivity index (χ3n) is 4.07. The van der Waals surface area contributed by atoms with Crippen molar-refractivity contribution in [1.29, 1.82) is 0 Å². The third kappa shape index (κ3) is 3.76. The summed E-state index contributed by atoms with van der Waals surface area (Å²) in [6, 6.07) is 13.6. The summed E-state index contributed by atoms with van der Waals surface area (Å²) in [5.74, 6) is -0.568. The lowest BCUT2D eigenvalue weighted by molar-refractivity contribution is -0.140. The molecule has 0 spiro atoms. The lowest BCUT2D eigenvalue weighted by Crippen LogP contribution is -2.51. The molecular formula is C18H20N2O3S. The van der Waals surface area contributed by atoms with Crippen LogP contribution in [0.2, 0.25) is 0 Å². The van der Waals surface area contributed by atoms with Crippen molar-refractivity contribution in [2.45, 2.75) is 13.0 Å². The minimum Gasteiger partial charge on any atom is -0.448 e. The normalized spacial score (nSPS) is 15.9. The van der Waals surface area contributed by atoms with E-state index in [2.05, 4.69) is 17.0 Å². The van der Waals surface area contributed by atoms with E-state index in [0.717, 1.165) is 13.1 Å². The summed E-state index contributed by atoms with van der Waals surface area (Å²) in [7, 11) is 0. The lowest BCUT2D eigenvalue weighted by atomic mass is 10.2. The van der Waals surface area contributed by atoms with Gasteiger partial charge >= 0.3 is 5.97 Å². The van der Waals surface area contributed by atoms with Crippen molar-refractivity contribution in [3.8, 4) is 0 Å². The molecule has 1 aliphatic heterocycles. The number of thiophene rings is 1. The van der Waals surface area contributed by atoms with E-state index in [-0.39, 0.29) is 5.91 Å². The Morgan fingerprint density at radius 2 is 1.75 bits per heavy atom. The van der Waals surface area contributed by atoms with Crippen LogP contribution in [0, 0.1) is 0 Å². The number of benzene rings is 1. The number of piperazine rings is 1. The molecule has 2 heterocycles. The van der Waals surface area contributed by atoms with Crippen LogP contribution in [-0.4, -0.2) is 49.1 Å². The highest BCUT2D eigenvalue weighted by atomic mass is 32.1. The first kappa shape index (κ1) is 16.5. The van der Waals surface area contributed by atoms with Gasteiger partial charge in [0, 0.05) is 31.9 Å². The van der Waals surface area contributed by atoms with Crippen molar-refractivity contribution in [2.75, 3.05) is 31.1 Å². The van der Waals surface area contributed by atoms with Crippen molar-refractivity contribution in [2.24, 2.45) is 0 Å². The van der Waals surface area contributed by atoms with E-state index in [1.807, 2.05) is 23.6 Å². The number of carbonyl (C=O) groups is 2. The zero-order valence-electron chi connectivity index (χ0n) is 13.6. The molecule has 1 aliphatic rings. The van der Waals surface area contributed by atoms with Crippen LogP contribution in [-0.2, 0) is 9.53 Å². The molecule has 0 saturated carbocycles. The molecule has 1 amide bonds. The fourth-order valence-corrected chi connectivity index (χ4v) is 3.35. The van der Waals surface area contributed by atoms with E-state index >= 15 is 0 Å². The summed E-state index contributed by atoms with van der Waals surface area (Å²) in [4.78, 5) is 29.0. The monoisotopic (exact) mass is 344 g/mol. The maximum atomic E-state index is 12.5. The fraction of sp³-hybridized carbons (Fsp3) is 0.333. The maximum absolute atomic E-state index is 12.5. The molecule has 126 valence electrons. The molecule has 1 fully saturated rings. The highest BCUT2D eigenvalue weighted by Crippen LogP contribution is 2.17. The van der Waals surface area contributed by atoms with E-state index in [9.17, 15) is 9.59 Å². The second kappa shape index (κ2) is 7.49. The van der Waals surface area contributed by atoms with Gasteiger partial charge in [0.15, 0.2) is 6.10 Å². The summed E-state index contributed by atoms with van der Waals surface area (Å²) in [5.41, 5.74) is 1.17. The Labute approximate surface area is 145 Å². The van der Waals surface area contributed by atoms with Gasteiger partial charge in [-0.25, -0.2) is 4.79 Å². The molecule has 1 unspecified atom stereocenters. The van der Waals surface area contributed by atoms with Crippen LogP contribution in [0.25, 0.3) is 0 Å². The highest BCUT2D eigenvalue weighted by molar-refractivity contribution is 7.11. The molecule has 2 aromatic rings. The summed E-state index contributed by atoms with van der Waals surface area (Å²) in [6.07, 6.45) is -0.761. The Bertz CT molecular complexity index is 680. The Morgan fingerprint density at radius 3 is 2.38 bits per heavy atom. The van der Waals surface area contributed by atoms with E-state index in [1.54, 1.807) is 24.0 Å². The molecule has 0 N–H and O–H groups in total. The maximum Gasteiger partial charge on any atom is 0.349 e. The van der Waals surface area contributed by atoms with Gasteiger partial charge in [-0.2, -0.15) is 0 Å². The molecule has 1 atom stereocenters. The predicted octanol–water partition coefficient (Wildman–Crippen LogP) is 2.64. The SMILES string of the molecule is CC(OC(=O)c1cccs1)C(=O)N1CCN(c2ccccc2)CC1. The molecule has 0 bridgehead atoms. The average Bonchev–Trinajstić information content (AvgIpc) is 3.17. The summed E-state index contributed by atoms with van der Waals surface area (Å²) in [5, 5.41) is 1.81. The molecule has 0 aliphatic carbocycles. The largest absolute Gasteiger partial charge is 0.448 e. The lowest BCUT2D eigenvalue weighted by Gasteiger charge is -2.37. The number of amides is 1. The first-order chi connectivity index (χ1) is 11.6. The van der Waals surface area contributed by atoms with Gasteiger partial charge in [-0.1, -0.05) is 24.3 Å². The Morgan fingerprint density at radius 1 is 1.04 bits per heavy atom. The summed E-state index contributed by atoms with van der Waals surface area (Å²) < 4.78 is 5.29. The second-order valence-electron chi connectivity index (χ2n) is 5.67. The predicted molar refractivity (Wildman–Crippen MR) is 94.4 cm³/mol. The smallest absolute Gasteiger partial charge is 0.349 e. The minimum absolute atomic E-state index is 0.132. The number of ether oxygens (including phenoxy) is 1. The van der Waals surface area contributed by atoms with Crippen LogP contribution in [0.3, 0.4) is 0 Å². The van der Waals surface area contributed by atoms with Crippen LogP contribution >= 0.6 is 11.3 Å².